The van der Waals surface area contributed by atoms with Crippen molar-refractivity contribution in [2.75, 3.05) is 5.32 Å². The van der Waals surface area contributed by atoms with Crippen LogP contribution in [-0.4, -0.2) is 10.9 Å². The Morgan fingerprint density at radius 2 is 1.85 bits per heavy atom. The molecule has 0 unspecified atom stereocenters. The molecule has 0 bridgehead atoms. The van der Waals surface area contributed by atoms with Gasteiger partial charge in [0.15, 0.2) is 5.58 Å². The Hall–Kier alpha value is -3.47. The number of carbonyl (C=O) groups is 1. The number of nitrogens with zero attached hydrogens (tertiary/aromatic N) is 1. The molecule has 0 aliphatic rings. The molecule has 0 saturated heterocycles. The van der Waals surface area contributed by atoms with Crippen molar-refractivity contribution in [1.82, 2.24) is 4.98 Å². The molecule has 0 aliphatic heterocycles. The fourth-order valence-corrected chi connectivity index (χ4v) is 3.06. The molecule has 5 heteroatoms. The second kappa shape index (κ2) is 6.68. The Balaban J connectivity index is 1.65. The Labute approximate surface area is 155 Å². The minimum atomic E-state index is -0.450. The van der Waals surface area contributed by atoms with Gasteiger partial charge < -0.3 is 9.73 Å². The molecule has 1 amide bonds. The van der Waals surface area contributed by atoms with Gasteiger partial charge in [0.05, 0.1) is 0 Å². The van der Waals surface area contributed by atoms with E-state index >= 15 is 0 Å². The molecule has 4 nitrogen and oxygen atoms in total. The number of rotatable bonds is 3. The monoisotopic (exact) mass is 360 g/mol. The van der Waals surface area contributed by atoms with Crippen molar-refractivity contribution >= 4 is 22.7 Å². The van der Waals surface area contributed by atoms with Crippen LogP contribution in [0.15, 0.2) is 65.1 Å². The summed E-state index contributed by atoms with van der Waals surface area (Å²) < 4.78 is 19.2. The second-order valence-corrected chi connectivity index (χ2v) is 6.49. The molecule has 0 spiro atoms. The highest BCUT2D eigenvalue weighted by Crippen LogP contribution is 2.28. The largest absolute Gasteiger partial charge is 0.436 e. The lowest BCUT2D eigenvalue weighted by Crippen LogP contribution is -2.12. The molecule has 3 aromatic carbocycles. The third-order valence-corrected chi connectivity index (χ3v) is 4.27. The lowest BCUT2D eigenvalue weighted by Gasteiger charge is -2.06. The highest BCUT2D eigenvalue weighted by molar-refractivity contribution is 6.04. The van der Waals surface area contributed by atoms with Crippen molar-refractivity contribution in [3.8, 4) is 11.5 Å². The van der Waals surface area contributed by atoms with E-state index in [1.54, 1.807) is 18.2 Å². The highest BCUT2D eigenvalue weighted by Gasteiger charge is 2.12. The van der Waals surface area contributed by atoms with Crippen molar-refractivity contribution in [3.63, 3.8) is 0 Å². The SMILES string of the molecule is Cc1cc(C)c2oc(-c3cccc(NC(=O)c4cccc(F)c4)c3)nc2c1. The number of benzene rings is 3. The quantitative estimate of drug-likeness (QED) is 0.525. The lowest BCUT2D eigenvalue weighted by atomic mass is 10.1. The summed E-state index contributed by atoms with van der Waals surface area (Å²) >= 11 is 0. The van der Waals surface area contributed by atoms with E-state index in [9.17, 15) is 9.18 Å². The van der Waals surface area contributed by atoms with Gasteiger partial charge in [0.25, 0.3) is 5.91 Å². The zero-order chi connectivity index (χ0) is 19.0. The smallest absolute Gasteiger partial charge is 0.255 e. The van der Waals surface area contributed by atoms with Crippen molar-refractivity contribution in [2.24, 2.45) is 0 Å². The molecular weight excluding hydrogens is 343 g/mol. The molecule has 134 valence electrons. The summed E-state index contributed by atoms with van der Waals surface area (Å²) in [5.41, 5.74) is 5.29. The highest BCUT2D eigenvalue weighted by atomic mass is 19.1. The minimum Gasteiger partial charge on any atom is -0.436 e. The first-order valence-corrected chi connectivity index (χ1v) is 8.55. The predicted octanol–water partition coefficient (Wildman–Crippen LogP) is 5.50. The van der Waals surface area contributed by atoms with Gasteiger partial charge in [-0.15, -0.1) is 0 Å². The summed E-state index contributed by atoms with van der Waals surface area (Å²) in [5.74, 6) is -0.343. The molecule has 0 radical (unpaired) electrons. The van der Waals surface area contributed by atoms with Crippen LogP contribution < -0.4 is 5.32 Å². The number of amides is 1. The van der Waals surface area contributed by atoms with Crippen molar-refractivity contribution < 1.29 is 13.6 Å². The van der Waals surface area contributed by atoms with Gasteiger partial charge in [-0.25, -0.2) is 9.37 Å². The van der Waals surface area contributed by atoms with Gasteiger partial charge in [0.1, 0.15) is 11.3 Å². The Morgan fingerprint density at radius 1 is 1.04 bits per heavy atom. The van der Waals surface area contributed by atoms with Crippen LogP contribution in [0.3, 0.4) is 0 Å². The number of halogens is 1. The Morgan fingerprint density at radius 3 is 2.67 bits per heavy atom. The number of aryl methyl sites for hydroxylation is 2. The summed E-state index contributed by atoms with van der Waals surface area (Å²) in [7, 11) is 0. The van der Waals surface area contributed by atoms with E-state index in [2.05, 4.69) is 10.3 Å². The number of aromatic nitrogens is 1. The zero-order valence-corrected chi connectivity index (χ0v) is 14.9. The van der Waals surface area contributed by atoms with E-state index in [1.165, 1.54) is 18.2 Å². The summed E-state index contributed by atoms with van der Waals surface area (Å²) in [4.78, 5) is 16.9. The number of nitrogens with one attached hydrogen (secondary N) is 1. The summed E-state index contributed by atoms with van der Waals surface area (Å²) in [6.07, 6.45) is 0. The third kappa shape index (κ3) is 3.44. The van der Waals surface area contributed by atoms with Crippen LogP contribution >= 0.6 is 0 Å². The third-order valence-electron chi connectivity index (χ3n) is 4.27. The van der Waals surface area contributed by atoms with Crippen LogP contribution in [0, 0.1) is 19.7 Å². The average molecular weight is 360 g/mol. The molecule has 4 rings (SSSR count). The fourth-order valence-electron chi connectivity index (χ4n) is 3.06. The molecule has 4 aromatic rings. The van der Waals surface area contributed by atoms with Crippen molar-refractivity contribution in [2.45, 2.75) is 13.8 Å². The van der Waals surface area contributed by atoms with Gasteiger partial charge in [-0.05, 0) is 67.4 Å². The molecule has 0 fully saturated rings. The molecule has 1 N–H and O–H groups in total. The van der Waals surface area contributed by atoms with Crippen LogP contribution in [0.2, 0.25) is 0 Å². The molecule has 1 heterocycles. The average Bonchev–Trinajstić information content (AvgIpc) is 3.06. The van der Waals surface area contributed by atoms with Crippen molar-refractivity contribution in [1.29, 1.82) is 0 Å². The molecule has 0 saturated carbocycles. The summed E-state index contributed by atoms with van der Waals surface area (Å²) in [6, 6.07) is 16.8. The van der Waals surface area contributed by atoms with Gasteiger partial charge in [0, 0.05) is 16.8 Å². The van der Waals surface area contributed by atoms with Gasteiger partial charge in [-0.3, -0.25) is 4.79 Å². The molecule has 0 aliphatic carbocycles. The van der Waals surface area contributed by atoms with Crippen LogP contribution in [-0.2, 0) is 0 Å². The number of carbonyl (C=O) groups excluding carboxylic acids is 1. The number of oxazole rings is 1. The molecule has 0 atom stereocenters. The number of fused-ring (bicyclic) bond motifs is 1. The molecule has 27 heavy (non-hydrogen) atoms. The summed E-state index contributed by atoms with van der Waals surface area (Å²) in [6.45, 7) is 4.00. The van der Waals surface area contributed by atoms with Gasteiger partial charge >= 0.3 is 0 Å². The van der Waals surface area contributed by atoms with Crippen LogP contribution in [0.4, 0.5) is 10.1 Å². The first-order chi connectivity index (χ1) is 13.0. The normalized spacial score (nSPS) is 10.9. The van der Waals surface area contributed by atoms with Crippen LogP contribution in [0.1, 0.15) is 21.5 Å². The van der Waals surface area contributed by atoms with E-state index < -0.39 is 5.82 Å². The van der Waals surface area contributed by atoms with Crippen LogP contribution in [0.5, 0.6) is 0 Å². The Bertz CT molecular complexity index is 1160. The zero-order valence-electron chi connectivity index (χ0n) is 14.9. The fraction of sp³-hybridized carbons (Fsp3) is 0.0909. The van der Waals surface area contributed by atoms with E-state index in [-0.39, 0.29) is 11.5 Å². The molecular formula is C22H17FN2O2. The minimum absolute atomic E-state index is 0.258. The topological polar surface area (TPSA) is 55.1 Å². The Kier molecular flexibility index (Phi) is 4.20. The number of anilines is 1. The number of hydrogen-bond acceptors (Lipinski definition) is 3. The van der Waals surface area contributed by atoms with Gasteiger partial charge in [-0.2, -0.15) is 0 Å². The molecule has 1 aromatic heterocycles. The van der Waals surface area contributed by atoms with Crippen LogP contribution in [0.25, 0.3) is 22.6 Å². The maximum atomic E-state index is 13.3. The van der Waals surface area contributed by atoms with E-state index in [0.29, 0.717) is 11.6 Å². The second-order valence-electron chi connectivity index (χ2n) is 6.49. The lowest BCUT2D eigenvalue weighted by molar-refractivity contribution is 0.102. The number of hydrogen-bond donors (Lipinski definition) is 1. The standard InChI is InChI=1S/C22H17FN2O2/c1-13-9-14(2)20-19(10-13)25-22(27-20)16-6-4-8-18(12-16)24-21(26)15-5-3-7-17(23)11-15/h3-12H,1-2H3,(H,24,26). The van der Waals surface area contributed by atoms with Crippen molar-refractivity contribution in [3.05, 3.63) is 83.2 Å². The van der Waals surface area contributed by atoms with E-state index in [4.69, 9.17) is 4.42 Å². The summed E-state index contributed by atoms with van der Waals surface area (Å²) in [5, 5.41) is 2.77. The van der Waals surface area contributed by atoms with E-state index in [1.807, 2.05) is 38.1 Å². The first-order valence-electron chi connectivity index (χ1n) is 8.55. The van der Waals surface area contributed by atoms with E-state index in [0.717, 1.165) is 27.8 Å². The van der Waals surface area contributed by atoms with Gasteiger partial charge in [-0.1, -0.05) is 18.2 Å². The maximum Gasteiger partial charge on any atom is 0.255 e. The predicted molar refractivity (Wildman–Crippen MR) is 103 cm³/mol. The first kappa shape index (κ1) is 17.0. The van der Waals surface area contributed by atoms with Gasteiger partial charge in [0.2, 0.25) is 5.89 Å². The maximum absolute atomic E-state index is 13.3.